The molecule has 0 unspecified atom stereocenters. The number of likely N-dealkylation sites (N-methyl/N-ethyl adjacent to an activating group) is 1. The first-order valence-electron chi connectivity index (χ1n) is 9.77. The molecule has 3 rings (SSSR count). The van der Waals surface area contributed by atoms with Gasteiger partial charge in [0.15, 0.2) is 0 Å². The summed E-state index contributed by atoms with van der Waals surface area (Å²) in [6.45, 7) is 4.30. The number of carbonyl (C=O) groups excluding carboxylic acids is 1. The lowest BCUT2D eigenvalue weighted by molar-refractivity contribution is -0.126. The van der Waals surface area contributed by atoms with Crippen molar-refractivity contribution in [1.29, 1.82) is 0 Å². The van der Waals surface area contributed by atoms with Gasteiger partial charge in [-0.15, -0.1) is 0 Å². The number of carboxylic acid groups (broad SMARTS) is 2. The highest BCUT2D eigenvalue weighted by atomic mass is 16.3. The van der Waals surface area contributed by atoms with Gasteiger partial charge in [0.1, 0.15) is 11.4 Å². The van der Waals surface area contributed by atoms with Crippen LogP contribution in [0.5, 0.6) is 0 Å². The number of nitrogens with one attached hydrogen (secondary N) is 2. The van der Waals surface area contributed by atoms with Crippen LogP contribution >= 0.6 is 0 Å². The van der Waals surface area contributed by atoms with Crippen LogP contribution in [0.4, 0.5) is 5.82 Å². The third kappa shape index (κ3) is 8.09. The largest absolute Gasteiger partial charge is 0.483 e. The number of hydrogen-bond acceptors (Lipinski definition) is 6. The van der Waals surface area contributed by atoms with Crippen molar-refractivity contribution in [3.63, 3.8) is 0 Å². The maximum absolute atomic E-state index is 12.6. The van der Waals surface area contributed by atoms with E-state index in [0.29, 0.717) is 0 Å². The van der Waals surface area contributed by atoms with E-state index < -0.39 is 5.54 Å². The molecule has 2 aromatic rings. The molecule has 0 bridgehead atoms. The second-order valence-electron chi connectivity index (χ2n) is 7.14. The van der Waals surface area contributed by atoms with E-state index >= 15 is 0 Å². The van der Waals surface area contributed by atoms with Gasteiger partial charge in [0.25, 0.3) is 12.9 Å². The second-order valence-corrected chi connectivity index (χ2v) is 7.14. The number of benzene rings is 1. The van der Waals surface area contributed by atoms with E-state index in [-0.39, 0.29) is 18.9 Å². The third-order valence-corrected chi connectivity index (χ3v) is 4.94. The minimum atomic E-state index is -0.591. The molecular formula is C21H31N5O5. The van der Waals surface area contributed by atoms with Crippen LogP contribution in [0.15, 0.2) is 36.5 Å². The molecule has 31 heavy (non-hydrogen) atoms. The maximum Gasteiger partial charge on any atom is 0.290 e. The van der Waals surface area contributed by atoms with Crippen LogP contribution in [0.2, 0.25) is 0 Å². The van der Waals surface area contributed by atoms with E-state index in [4.69, 9.17) is 19.8 Å². The summed E-state index contributed by atoms with van der Waals surface area (Å²) in [6.07, 6.45) is 3.40. The monoisotopic (exact) mass is 433 g/mol. The Kier molecular flexibility index (Phi) is 10.8. The Hall–Kier alpha value is -3.40. The number of hydrogen-bond donors (Lipinski definition) is 4. The molecule has 1 aromatic heterocycles. The molecule has 1 aliphatic rings. The van der Waals surface area contributed by atoms with Crippen LogP contribution in [0.25, 0.3) is 0 Å². The molecule has 0 radical (unpaired) electrons. The van der Waals surface area contributed by atoms with Crippen LogP contribution in [0.3, 0.4) is 0 Å². The summed E-state index contributed by atoms with van der Waals surface area (Å²) in [5.41, 5.74) is 2.02. The van der Waals surface area contributed by atoms with E-state index in [9.17, 15) is 4.79 Å². The smallest absolute Gasteiger partial charge is 0.290 e. The van der Waals surface area contributed by atoms with Gasteiger partial charge in [0, 0.05) is 46.0 Å². The lowest BCUT2D eigenvalue weighted by Gasteiger charge is -2.41. The average molecular weight is 434 g/mol. The minimum Gasteiger partial charge on any atom is -0.483 e. The number of aryl methyl sites for hydroxylation is 2. The average Bonchev–Trinajstić information content (AvgIpc) is 3.14. The summed E-state index contributed by atoms with van der Waals surface area (Å²) in [6, 6.07) is 10.5. The summed E-state index contributed by atoms with van der Waals surface area (Å²) in [5, 5.41) is 24.4. The first-order chi connectivity index (χ1) is 14.8. The topological polar surface area (TPSA) is 137 Å². The molecule has 1 aliphatic heterocycles. The highest BCUT2D eigenvalue weighted by Crippen LogP contribution is 2.27. The number of anilines is 1. The van der Waals surface area contributed by atoms with Gasteiger partial charge in [-0.3, -0.25) is 24.0 Å². The predicted molar refractivity (Wildman–Crippen MR) is 117 cm³/mol. The Labute approximate surface area is 181 Å². The number of nitrogens with zero attached hydrogens (tertiary/aromatic N) is 3. The van der Waals surface area contributed by atoms with Gasteiger partial charge in [-0.1, -0.05) is 29.8 Å². The fraction of sp³-hybridized carbons (Fsp3) is 0.429. The quantitative estimate of drug-likeness (QED) is 0.518. The Bertz CT molecular complexity index is 825. The Morgan fingerprint density at radius 3 is 2.29 bits per heavy atom. The molecule has 1 amide bonds. The minimum absolute atomic E-state index is 0.0355. The van der Waals surface area contributed by atoms with Crippen LogP contribution in [0, 0.1) is 6.92 Å². The molecule has 170 valence electrons. The Morgan fingerprint density at radius 1 is 1.19 bits per heavy atom. The van der Waals surface area contributed by atoms with Gasteiger partial charge in [-0.05, 0) is 25.3 Å². The number of amides is 1. The van der Waals surface area contributed by atoms with E-state index in [0.717, 1.165) is 38.3 Å². The maximum atomic E-state index is 12.6. The summed E-state index contributed by atoms with van der Waals surface area (Å²) in [4.78, 5) is 31.7. The number of piperidine rings is 1. The van der Waals surface area contributed by atoms with Gasteiger partial charge in [-0.25, -0.2) is 0 Å². The molecular weight excluding hydrogens is 402 g/mol. The van der Waals surface area contributed by atoms with E-state index in [1.165, 1.54) is 11.1 Å². The number of likely N-dealkylation sites (tertiary alicyclic amines) is 1. The van der Waals surface area contributed by atoms with Crippen molar-refractivity contribution in [1.82, 2.24) is 20.0 Å². The van der Waals surface area contributed by atoms with Crippen molar-refractivity contribution in [2.45, 2.75) is 31.8 Å². The predicted octanol–water partition coefficient (Wildman–Crippen LogP) is 1.32. The van der Waals surface area contributed by atoms with Gasteiger partial charge in [0.2, 0.25) is 5.91 Å². The number of aromatic nitrogens is 2. The Balaban J connectivity index is 0.000000720. The SMILES string of the molecule is CNC(=O)C1(Nc2ccn(C)n2)CCN(Cc2cccc(C)c2)CC1.O=CO.O=CO. The molecule has 10 nitrogen and oxygen atoms in total. The van der Waals surface area contributed by atoms with Gasteiger partial charge in [0.05, 0.1) is 0 Å². The first kappa shape index (κ1) is 25.6. The zero-order valence-corrected chi connectivity index (χ0v) is 18.1. The van der Waals surface area contributed by atoms with E-state index in [1.54, 1.807) is 11.7 Å². The normalized spacial score (nSPS) is 14.7. The van der Waals surface area contributed by atoms with Crippen molar-refractivity contribution in [3.05, 3.63) is 47.7 Å². The highest BCUT2D eigenvalue weighted by molar-refractivity contribution is 5.89. The molecule has 1 fully saturated rings. The van der Waals surface area contributed by atoms with E-state index in [2.05, 4.69) is 51.8 Å². The Morgan fingerprint density at radius 2 is 1.81 bits per heavy atom. The third-order valence-electron chi connectivity index (χ3n) is 4.94. The molecule has 0 atom stereocenters. The zero-order valence-electron chi connectivity index (χ0n) is 18.1. The molecule has 0 saturated carbocycles. The number of rotatable bonds is 5. The summed E-state index contributed by atoms with van der Waals surface area (Å²) < 4.78 is 1.74. The molecule has 10 heteroatoms. The summed E-state index contributed by atoms with van der Waals surface area (Å²) >= 11 is 0. The van der Waals surface area contributed by atoms with Crippen LogP contribution < -0.4 is 10.6 Å². The second kappa shape index (κ2) is 13.0. The molecule has 2 heterocycles. The van der Waals surface area contributed by atoms with Crippen LogP contribution in [-0.4, -0.2) is 69.4 Å². The van der Waals surface area contributed by atoms with Crippen LogP contribution in [-0.2, 0) is 28.0 Å². The first-order valence-corrected chi connectivity index (χ1v) is 9.77. The lowest BCUT2D eigenvalue weighted by Crippen LogP contribution is -2.57. The van der Waals surface area contributed by atoms with E-state index in [1.807, 2.05) is 19.3 Å². The molecule has 1 aromatic carbocycles. The summed E-state index contributed by atoms with van der Waals surface area (Å²) in [7, 11) is 3.57. The number of carbonyl (C=O) groups is 3. The van der Waals surface area contributed by atoms with Crippen molar-refractivity contribution in [3.8, 4) is 0 Å². The van der Waals surface area contributed by atoms with Gasteiger partial charge in [-0.2, -0.15) is 5.10 Å². The van der Waals surface area contributed by atoms with Gasteiger partial charge >= 0.3 is 0 Å². The highest BCUT2D eigenvalue weighted by Gasteiger charge is 2.41. The van der Waals surface area contributed by atoms with Crippen LogP contribution in [0.1, 0.15) is 24.0 Å². The molecule has 1 saturated heterocycles. The standard InChI is InChI=1S/C19H27N5O.2CH2O2/c1-15-5-4-6-16(13-15)14-24-11-8-19(9-12-24,18(25)20-2)21-17-7-10-23(3)22-17;2*2-1-3/h4-7,10,13H,8-9,11-12,14H2,1-3H3,(H,20,25)(H,21,22);2*1H,(H,2,3). The molecule has 0 aliphatic carbocycles. The van der Waals surface area contributed by atoms with Crippen molar-refractivity contribution in [2.75, 3.05) is 25.5 Å². The van der Waals surface area contributed by atoms with Crippen molar-refractivity contribution in [2.24, 2.45) is 7.05 Å². The fourth-order valence-electron chi connectivity index (χ4n) is 3.54. The summed E-state index contributed by atoms with van der Waals surface area (Å²) in [5.74, 6) is 0.784. The zero-order chi connectivity index (χ0) is 23.3. The molecule has 0 spiro atoms. The van der Waals surface area contributed by atoms with Gasteiger partial charge < -0.3 is 20.8 Å². The molecule has 4 N–H and O–H groups in total. The van der Waals surface area contributed by atoms with Crippen molar-refractivity contribution < 1.29 is 24.6 Å². The lowest BCUT2D eigenvalue weighted by atomic mass is 9.86. The fourth-order valence-corrected chi connectivity index (χ4v) is 3.54. The van der Waals surface area contributed by atoms with Crippen molar-refractivity contribution >= 4 is 24.7 Å².